The Hall–Kier alpha value is -4.80. The molecular formula is C46H63FN8O. The van der Waals surface area contributed by atoms with Crippen LogP contribution in [0.5, 0.6) is 5.88 Å². The Morgan fingerprint density at radius 3 is 2.27 bits per heavy atom. The number of fused-ring (bicyclic) bond motifs is 1. The highest BCUT2D eigenvalue weighted by molar-refractivity contribution is 6.03. The van der Waals surface area contributed by atoms with Crippen LogP contribution in [0.3, 0.4) is 0 Å². The number of hydrogen-bond acceptors (Lipinski definition) is 9. The molecule has 300 valence electrons. The summed E-state index contributed by atoms with van der Waals surface area (Å²) in [7, 11) is 5.90. The number of pyridine rings is 3. The minimum atomic E-state index is -0.198. The molecule has 2 aromatic carbocycles. The number of aromatic nitrogens is 3. The summed E-state index contributed by atoms with van der Waals surface area (Å²) >= 11 is 0. The van der Waals surface area contributed by atoms with Crippen LogP contribution >= 0.6 is 0 Å². The predicted molar refractivity (Wildman–Crippen MR) is 233 cm³/mol. The van der Waals surface area contributed by atoms with Gasteiger partial charge in [-0.2, -0.15) is 0 Å². The van der Waals surface area contributed by atoms with Crippen LogP contribution in [0, 0.1) is 19.7 Å². The van der Waals surface area contributed by atoms with Crippen molar-refractivity contribution in [3.63, 3.8) is 0 Å². The van der Waals surface area contributed by atoms with Crippen LogP contribution in [0.1, 0.15) is 75.3 Å². The highest BCUT2D eigenvalue weighted by atomic mass is 19.1. The van der Waals surface area contributed by atoms with Crippen molar-refractivity contribution in [2.45, 2.75) is 85.9 Å². The van der Waals surface area contributed by atoms with E-state index in [1.54, 1.807) is 6.20 Å². The lowest BCUT2D eigenvalue weighted by molar-refractivity contribution is 0.290. The quantitative estimate of drug-likeness (QED) is 0.137. The van der Waals surface area contributed by atoms with Crippen LogP contribution in [0.4, 0.5) is 21.7 Å². The van der Waals surface area contributed by atoms with E-state index in [4.69, 9.17) is 19.7 Å². The Bertz CT molecular complexity index is 1960. The topological polar surface area (TPSA) is 81.7 Å². The molecule has 1 aliphatic carbocycles. The van der Waals surface area contributed by atoms with E-state index >= 15 is 4.39 Å². The molecule has 7 rings (SSSR count). The molecule has 4 heterocycles. The summed E-state index contributed by atoms with van der Waals surface area (Å²) in [6.45, 7) is 15.7. The second kappa shape index (κ2) is 20.9. The smallest absolute Gasteiger partial charge is 0.219 e. The van der Waals surface area contributed by atoms with Crippen LogP contribution in [0.15, 0.2) is 73.1 Å². The number of aryl methyl sites for hydroxylation is 2. The second-order valence-corrected chi connectivity index (χ2v) is 14.6. The minimum Gasteiger partial charge on any atom is -0.473 e. The number of hydrogen-bond donors (Lipinski definition) is 2. The number of benzene rings is 2. The first kappa shape index (κ1) is 42.3. The molecule has 0 amide bonds. The van der Waals surface area contributed by atoms with Crippen LogP contribution < -0.4 is 25.2 Å². The Morgan fingerprint density at radius 2 is 1.61 bits per heavy atom. The lowest BCUT2D eigenvalue weighted by Crippen LogP contribution is -2.44. The molecule has 0 radical (unpaired) electrons. The number of likely N-dealkylation sites (N-methyl/N-ethyl adjacent to an activating group) is 1. The first-order valence-corrected chi connectivity index (χ1v) is 20.5. The molecule has 9 nitrogen and oxygen atoms in total. The lowest BCUT2D eigenvalue weighted by Gasteiger charge is -2.36. The van der Waals surface area contributed by atoms with Gasteiger partial charge in [0.2, 0.25) is 5.88 Å². The van der Waals surface area contributed by atoms with E-state index in [1.165, 1.54) is 19.3 Å². The molecule has 0 atom stereocenters. The Balaban J connectivity index is 0.00000115. The Kier molecular flexibility index (Phi) is 15.8. The summed E-state index contributed by atoms with van der Waals surface area (Å²) in [5.74, 6) is 2.04. The van der Waals surface area contributed by atoms with Crippen molar-refractivity contribution in [3.05, 3.63) is 101 Å². The standard InChI is InChI=1S/C42H50FN7O.C2H7N.C2H6/c1-5-50(33-14-10-7-11-15-33)40-34-18-19-44-41(46-27-37-29(2)24-30(3)47-42(37)51-28-31-12-8-6-9-13-31)36(34)25-35(39(40)43)32-16-17-38(45-26-32)49-22-20-48(4)21-23-49;1-3-2;1-2/h6,8-9,12-13,16-19,24-26,33H,5,7,10-11,14-15,20-23,27-28H2,1-4H3,(H,44,46);3H,1-2H3;1-2H3. The highest BCUT2D eigenvalue weighted by Gasteiger charge is 2.27. The van der Waals surface area contributed by atoms with Crippen molar-refractivity contribution in [1.82, 2.24) is 25.2 Å². The number of piperazine rings is 1. The molecule has 0 spiro atoms. The van der Waals surface area contributed by atoms with Crippen molar-refractivity contribution in [2.75, 3.05) is 69.0 Å². The number of nitrogens with zero attached hydrogens (tertiary/aromatic N) is 6. The van der Waals surface area contributed by atoms with Gasteiger partial charge in [0.05, 0.1) is 5.69 Å². The van der Waals surface area contributed by atoms with Gasteiger partial charge >= 0.3 is 0 Å². The summed E-state index contributed by atoms with van der Waals surface area (Å²) in [4.78, 5) is 21.4. The second-order valence-electron chi connectivity index (χ2n) is 14.6. The molecule has 1 saturated heterocycles. The summed E-state index contributed by atoms with van der Waals surface area (Å²) < 4.78 is 23.5. The molecule has 0 unspecified atom stereocenters. The first-order chi connectivity index (χ1) is 27.3. The maximum atomic E-state index is 17.2. The third-order valence-corrected chi connectivity index (χ3v) is 10.6. The van der Waals surface area contributed by atoms with Crippen molar-refractivity contribution >= 4 is 28.1 Å². The van der Waals surface area contributed by atoms with Crippen LogP contribution in [0.2, 0.25) is 0 Å². The van der Waals surface area contributed by atoms with Crippen molar-refractivity contribution < 1.29 is 9.13 Å². The molecule has 2 fully saturated rings. The molecule has 2 N–H and O–H groups in total. The molecule has 3 aromatic heterocycles. The minimum absolute atomic E-state index is 0.198. The highest BCUT2D eigenvalue weighted by Crippen LogP contribution is 2.42. The van der Waals surface area contributed by atoms with Gasteiger partial charge in [-0.05, 0) is 96.2 Å². The molecule has 1 aliphatic heterocycles. The Morgan fingerprint density at radius 1 is 0.893 bits per heavy atom. The number of rotatable bonds is 11. The van der Waals surface area contributed by atoms with Crippen LogP contribution in [-0.2, 0) is 13.2 Å². The number of ether oxygens (including phenoxy) is 1. The molecule has 56 heavy (non-hydrogen) atoms. The number of halogens is 1. The van der Waals surface area contributed by atoms with Gasteiger partial charge in [-0.25, -0.2) is 19.3 Å². The van der Waals surface area contributed by atoms with E-state index in [0.717, 1.165) is 90.1 Å². The SMILES string of the molecule is CC.CCN(c1c(F)c(-c2ccc(N3CCN(C)CC3)nc2)cc2c(NCc3c(C)cc(C)nc3OCc3ccccc3)nccc12)C1CCCCC1.CNC. The third kappa shape index (κ3) is 10.3. The zero-order chi connectivity index (χ0) is 40.0. The fraction of sp³-hybridized carbons (Fsp3) is 0.457. The van der Waals surface area contributed by atoms with Crippen LogP contribution in [0.25, 0.3) is 21.9 Å². The van der Waals surface area contributed by atoms with Crippen molar-refractivity contribution in [3.8, 4) is 17.0 Å². The summed E-state index contributed by atoms with van der Waals surface area (Å²) in [5, 5.41) is 8.12. The number of anilines is 3. The third-order valence-electron chi connectivity index (χ3n) is 10.6. The fourth-order valence-corrected chi connectivity index (χ4v) is 7.73. The van der Waals surface area contributed by atoms with E-state index in [-0.39, 0.29) is 5.82 Å². The Labute approximate surface area is 334 Å². The van der Waals surface area contributed by atoms with Gasteiger partial charge in [0.15, 0.2) is 5.82 Å². The van der Waals surface area contributed by atoms with E-state index in [9.17, 15) is 0 Å². The first-order valence-electron chi connectivity index (χ1n) is 20.5. The molecule has 0 bridgehead atoms. The van der Waals surface area contributed by atoms with Gasteiger partial charge in [-0.1, -0.05) is 63.4 Å². The van der Waals surface area contributed by atoms with E-state index in [1.807, 2.05) is 83.5 Å². The van der Waals surface area contributed by atoms with E-state index in [2.05, 4.69) is 64.4 Å². The maximum absolute atomic E-state index is 17.2. The lowest BCUT2D eigenvalue weighted by atomic mass is 9.92. The predicted octanol–water partition coefficient (Wildman–Crippen LogP) is 9.41. The van der Waals surface area contributed by atoms with Gasteiger partial charge in [0.25, 0.3) is 0 Å². The van der Waals surface area contributed by atoms with Crippen molar-refractivity contribution in [2.24, 2.45) is 0 Å². The van der Waals surface area contributed by atoms with E-state index in [0.29, 0.717) is 42.1 Å². The van der Waals surface area contributed by atoms with Crippen molar-refractivity contribution in [1.29, 1.82) is 0 Å². The van der Waals surface area contributed by atoms with Gasteiger partial charge < -0.3 is 30.1 Å². The summed E-state index contributed by atoms with van der Waals surface area (Å²) in [6.07, 6.45) is 9.35. The van der Waals surface area contributed by atoms with Gasteiger partial charge in [0, 0.05) is 90.9 Å². The monoisotopic (exact) mass is 763 g/mol. The van der Waals surface area contributed by atoms with Gasteiger partial charge in [0.1, 0.15) is 18.2 Å². The van der Waals surface area contributed by atoms with Crippen LogP contribution in [-0.4, -0.2) is 79.8 Å². The normalized spacial score (nSPS) is 14.7. The molecule has 1 saturated carbocycles. The zero-order valence-electron chi connectivity index (χ0n) is 35.0. The molecule has 10 heteroatoms. The van der Waals surface area contributed by atoms with Gasteiger partial charge in [-0.15, -0.1) is 0 Å². The molecule has 5 aromatic rings. The average molecular weight is 763 g/mol. The number of nitrogens with one attached hydrogen (secondary N) is 2. The summed E-state index contributed by atoms with van der Waals surface area (Å²) in [6, 6.07) is 20.5. The summed E-state index contributed by atoms with van der Waals surface area (Å²) in [5.41, 5.74) is 6.01. The fourth-order valence-electron chi connectivity index (χ4n) is 7.73. The molecule has 2 aliphatic rings. The largest absolute Gasteiger partial charge is 0.473 e. The van der Waals surface area contributed by atoms with E-state index < -0.39 is 0 Å². The molecular weight excluding hydrogens is 700 g/mol. The van der Waals surface area contributed by atoms with Gasteiger partial charge in [-0.3, -0.25) is 0 Å². The average Bonchev–Trinajstić information content (AvgIpc) is 3.23. The maximum Gasteiger partial charge on any atom is 0.219 e. The zero-order valence-corrected chi connectivity index (χ0v) is 35.0.